The van der Waals surface area contributed by atoms with Crippen molar-refractivity contribution in [2.75, 3.05) is 13.2 Å². The van der Waals surface area contributed by atoms with Crippen LogP contribution in [0, 0.1) is 0 Å². The molecule has 0 saturated carbocycles. The van der Waals surface area contributed by atoms with E-state index in [2.05, 4.69) is 15.6 Å². The van der Waals surface area contributed by atoms with Gasteiger partial charge in [-0.2, -0.15) is 0 Å². The Morgan fingerprint density at radius 3 is 1.83 bits per heavy atom. The molecule has 0 spiro atoms. The Kier molecular flexibility index (Phi) is 14.0. The van der Waals surface area contributed by atoms with Gasteiger partial charge >= 0.3 is 11.9 Å². The second-order valence-electron chi connectivity index (χ2n) is 7.36. The number of carboxylic acid groups (broad SMARTS) is 2. The van der Waals surface area contributed by atoms with Gasteiger partial charge in [-0.05, 0) is 19.3 Å². The zero-order chi connectivity index (χ0) is 27.1. The fourth-order valence-corrected chi connectivity index (χ4v) is 2.61. The molecule has 0 saturated heterocycles. The van der Waals surface area contributed by atoms with E-state index in [1.54, 1.807) is 0 Å². The van der Waals surface area contributed by atoms with Crippen LogP contribution < -0.4 is 38.9 Å². The lowest BCUT2D eigenvalue weighted by Gasteiger charge is -2.24. The van der Waals surface area contributed by atoms with Crippen LogP contribution in [0.5, 0.6) is 0 Å². The average Bonchev–Trinajstić information content (AvgIpc) is 2.76. The molecule has 0 aromatic heterocycles. The van der Waals surface area contributed by atoms with E-state index in [1.807, 2.05) is 5.32 Å². The molecule has 4 amide bonds. The summed E-state index contributed by atoms with van der Waals surface area (Å²) in [4.78, 5) is 74.6. The lowest BCUT2D eigenvalue weighted by molar-refractivity contribution is -0.144. The molecule has 0 aliphatic heterocycles. The Hall–Kier alpha value is -3.99. The summed E-state index contributed by atoms with van der Waals surface area (Å²) in [5, 5.41) is 33.8. The van der Waals surface area contributed by atoms with Crippen molar-refractivity contribution in [2.24, 2.45) is 27.9 Å². The van der Waals surface area contributed by atoms with E-state index in [-0.39, 0.29) is 38.2 Å². The van der Waals surface area contributed by atoms with Crippen LogP contribution in [0.3, 0.4) is 0 Å². The van der Waals surface area contributed by atoms with Crippen molar-refractivity contribution in [3.8, 4) is 0 Å². The summed E-state index contributed by atoms with van der Waals surface area (Å²) in [5.74, 6) is -7.07. The molecule has 4 atom stereocenters. The number of carbonyl (C=O) groups is 6. The maximum atomic E-state index is 12.8. The highest BCUT2D eigenvalue weighted by Gasteiger charge is 2.31. The molecule has 198 valence electrons. The van der Waals surface area contributed by atoms with Gasteiger partial charge in [0.1, 0.15) is 24.2 Å². The van der Waals surface area contributed by atoms with Gasteiger partial charge < -0.3 is 54.2 Å². The number of aliphatic carboxylic acids is 2. The zero-order valence-electron chi connectivity index (χ0n) is 18.8. The molecule has 0 aromatic rings. The second-order valence-corrected chi connectivity index (χ2v) is 7.36. The Bertz CT molecular complexity index is 816. The largest absolute Gasteiger partial charge is 0.481 e. The molecule has 14 N–H and O–H groups in total. The number of nitrogens with zero attached hydrogens (tertiary/aromatic N) is 1. The van der Waals surface area contributed by atoms with E-state index in [0.29, 0.717) is 0 Å². The molecule has 0 rings (SSSR count). The van der Waals surface area contributed by atoms with Gasteiger partial charge in [-0.3, -0.25) is 29.0 Å². The van der Waals surface area contributed by atoms with Crippen LogP contribution in [0.25, 0.3) is 0 Å². The minimum absolute atomic E-state index is 0.0652. The van der Waals surface area contributed by atoms with Gasteiger partial charge in [0.05, 0.1) is 13.0 Å². The van der Waals surface area contributed by atoms with Gasteiger partial charge in [-0.25, -0.2) is 4.79 Å². The fourth-order valence-electron chi connectivity index (χ4n) is 2.61. The van der Waals surface area contributed by atoms with Crippen molar-refractivity contribution in [3.63, 3.8) is 0 Å². The lowest BCUT2D eigenvalue weighted by atomic mass is 10.1. The molecule has 0 bridgehead atoms. The third-order valence-corrected chi connectivity index (χ3v) is 4.42. The van der Waals surface area contributed by atoms with Gasteiger partial charge in [0.25, 0.3) is 0 Å². The third kappa shape index (κ3) is 13.3. The fraction of sp³-hybridized carbons (Fsp3) is 0.611. The first-order chi connectivity index (χ1) is 16.3. The van der Waals surface area contributed by atoms with Crippen LogP contribution in [-0.2, 0) is 28.8 Å². The Labute approximate surface area is 199 Å². The highest BCUT2D eigenvalue weighted by Crippen LogP contribution is 2.04. The number of carbonyl (C=O) groups excluding carboxylic acids is 4. The summed E-state index contributed by atoms with van der Waals surface area (Å²) in [7, 11) is 0. The van der Waals surface area contributed by atoms with Crippen LogP contribution in [0.2, 0.25) is 0 Å². The number of aliphatic imine (C=N–C) groups is 1. The maximum absolute atomic E-state index is 12.8. The third-order valence-electron chi connectivity index (χ3n) is 4.42. The van der Waals surface area contributed by atoms with Gasteiger partial charge in [-0.1, -0.05) is 0 Å². The number of hydrogen-bond acceptors (Lipinski definition) is 9. The molecule has 4 unspecified atom stereocenters. The summed E-state index contributed by atoms with van der Waals surface area (Å²) in [5.41, 5.74) is 20.8. The molecule has 0 aromatic carbocycles. The normalized spacial score (nSPS) is 13.9. The monoisotopic (exact) mass is 504 g/mol. The standard InChI is InChI=1S/C18H32N8O9/c19-8(7-27)14(31)24-9(2-1-5-23-18(21)22)15(32)26-11(6-13(29)30)16(33)25-10(17(34)35)3-4-12(20)28/h8-11,27H,1-7,19H2,(H2,20,28)(H,24,31)(H,25,33)(H,26,32)(H,29,30)(H,34,35)(H4,21,22,23). The summed E-state index contributed by atoms with van der Waals surface area (Å²) >= 11 is 0. The minimum atomic E-state index is -1.74. The maximum Gasteiger partial charge on any atom is 0.326 e. The highest BCUT2D eigenvalue weighted by molar-refractivity contribution is 5.95. The van der Waals surface area contributed by atoms with Crippen LogP contribution >= 0.6 is 0 Å². The average molecular weight is 505 g/mol. The summed E-state index contributed by atoms with van der Waals surface area (Å²) in [6.45, 7) is -0.646. The van der Waals surface area contributed by atoms with Crippen molar-refractivity contribution >= 4 is 41.5 Å². The van der Waals surface area contributed by atoms with Crippen LogP contribution in [0.15, 0.2) is 4.99 Å². The molecule has 0 aliphatic rings. The molecule has 0 fully saturated rings. The second kappa shape index (κ2) is 15.8. The number of carboxylic acids is 2. The number of nitrogens with one attached hydrogen (secondary N) is 3. The highest BCUT2D eigenvalue weighted by atomic mass is 16.4. The van der Waals surface area contributed by atoms with E-state index in [0.717, 1.165) is 0 Å². The number of amides is 4. The number of aliphatic hydroxyl groups excluding tert-OH is 1. The summed E-state index contributed by atoms with van der Waals surface area (Å²) < 4.78 is 0. The van der Waals surface area contributed by atoms with Crippen molar-refractivity contribution in [2.45, 2.75) is 56.3 Å². The number of primary amides is 1. The minimum Gasteiger partial charge on any atom is -0.481 e. The lowest BCUT2D eigenvalue weighted by Crippen LogP contribution is -2.57. The number of guanidine groups is 1. The van der Waals surface area contributed by atoms with Crippen molar-refractivity contribution < 1.29 is 44.1 Å². The quantitative estimate of drug-likeness (QED) is 0.0504. The Morgan fingerprint density at radius 2 is 1.34 bits per heavy atom. The Morgan fingerprint density at radius 1 is 0.800 bits per heavy atom. The SMILES string of the molecule is NC(=O)CCC(NC(=O)C(CC(=O)O)NC(=O)C(CCCN=C(N)N)NC(=O)C(N)CO)C(=O)O. The number of aliphatic hydroxyl groups is 1. The van der Waals surface area contributed by atoms with Crippen molar-refractivity contribution in [1.29, 1.82) is 0 Å². The van der Waals surface area contributed by atoms with Crippen molar-refractivity contribution in [3.05, 3.63) is 0 Å². The topological polar surface area (TPSA) is 316 Å². The van der Waals surface area contributed by atoms with Gasteiger partial charge in [0, 0.05) is 13.0 Å². The predicted molar refractivity (Wildman–Crippen MR) is 119 cm³/mol. The van der Waals surface area contributed by atoms with E-state index >= 15 is 0 Å². The molecule has 0 heterocycles. The molecular weight excluding hydrogens is 472 g/mol. The van der Waals surface area contributed by atoms with E-state index in [9.17, 15) is 33.9 Å². The molecule has 0 radical (unpaired) electrons. The Balaban J connectivity index is 5.56. The summed E-state index contributed by atoms with van der Waals surface area (Å²) in [6.07, 6.45) is -1.56. The summed E-state index contributed by atoms with van der Waals surface area (Å²) in [6, 6.07) is -6.01. The van der Waals surface area contributed by atoms with Crippen LogP contribution in [0.4, 0.5) is 0 Å². The van der Waals surface area contributed by atoms with Gasteiger partial charge in [0.15, 0.2) is 5.96 Å². The van der Waals surface area contributed by atoms with Crippen LogP contribution in [0.1, 0.15) is 32.1 Å². The first-order valence-corrected chi connectivity index (χ1v) is 10.3. The number of nitrogens with two attached hydrogens (primary N) is 4. The molecule has 17 nitrogen and oxygen atoms in total. The smallest absolute Gasteiger partial charge is 0.326 e. The first-order valence-electron chi connectivity index (χ1n) is 10.3. The number of rotatable bonds is 17. The van der Waals surface area contributed by atoms with Crippen LogP contribution in [-0.4, -0.2) is 94.2 Å². The van der Waals surface area contributed by atoms with E-state index in [4.69, 9.17) is 33.1 Å². The zero-order valence-corrected chi connectivity index (χ0v) is 18.8. The number of hydrogen-bond donors (Lipinski definition) is 10. The van der Waals surface area contributed by atoms with E-state index in [1.165, 1.54) is 0 Å². The first kappa shape index (κ1) is 31.0. The van der Waals surface area contributed by atoms with Gasteiger partial charge in [0.2, 0.25) is 23.6 Å². The van der Waals surface area contributed by atoms with Crippen molar-refractivity contribution in [1.82, 2.24) is 16.0 Å². The molecule has 17 heteroatoms. The molecule has 0 aliphatic carbocycles. The predicted octanol–water partition coefficient (Wildman–Crippen LogP) is -5.36. The molecule has 35 heavy (non-hydrogen) atoms. The van der Waals surface area contributed by atoms with E-state index < -0.39 is 72.8 Å². The van der Waals surface area contributed by atoms with Gasteiger partial charge in [-0.15, -0.1) is 0 Å². The molecular formula is C18H32N8O9.